The second-order valence-electron chi connectivity index (χ2n) is 3.07. The molecule has 0 aromatic heterocycles. The third kappa shape index (κ3) is 8.79. The first-order chi connectivity index (χ1) is 5.35. The van der Waals surface area contributed by atoms with Crippen LogP contribution < -0.4 is 29.6 Å². The number of allylic oxidation sites excluding steroid dienone is 1. The van der Waals surface area contributed by atoms with Crippen LogP contribution in [0.4, 0.5) is 0 Å². The van der Waals surface area contributed by atoms with E-state index in [0.717, 1.165) is 12.8 Å². The summed E-state index contributed by atoms with van der Waals surface area (Å²) in [5.74, 6) is 0.457. The summed E-state index contributed by atoms with van der Waals surface area (Å²) in [5.41, 5.74) is 0. The molecule has 0 aliphatic carbocycles. The molecule has 1 atom stereocenters. The van der Waals surface area contributed by atoms with Gasteiger partial charge in [-0.2, -0.15) is 0 Å². The van der Waals surface area contributed by atoms with Crippen LogP contribution in [0.1, 0.15) is 40.5 Å². The van der Waals surface area contributed by atoms with E-state index in [1.165, 1.54) is 19.3 Å². The Bertz CT molecular complexity index is 98.9. The molecule has 1 unspecified atom stereocenters. The number of aliphatic hydroxyl groups excluding tert-OH is 1. The van der Waals surface area contributed by atoms with Crippen LogP contribution in [0.5, 0.6) is 0 Å². The number of rotatable bonds is 7. The van der Waals surface area contributed by atoms with Crippen LogP contribution in [0, 0.1) is 5.92 Å². The van der Waals surface area contributed by atoms with Crippen LogP contribution in [-0.2, 0) is 0 Å². The normalized spacial score (nSPS) is 11.8. The van der Waals surface area contributed by atoms with E-state index >= 15 is 0 Å². The maximum Gasteiger partial charge on any atom is 1.00 e. The van der Waals surface area contributed by atoms with Crippen molar-refractivity contribution in [2.24, 2.45) is 5.92 Å². The molecule has 0 fully saturated rings. The average molecular weight is 180 g/mol. The van der Waals surface area contributed by atoms with E-state index in [-0.39, 0.29) is 31.0 Å². The summed E-state index contributed by atoms with van der Waals surface area (Å²) in [6.45, 7) is 6.18. The Morgan fingerprint density at radius 2 is 2.17 bits per heavy atom. The molecule has 0 saturated heterocycles. The van der Waals surface area contributed by atoms with Gasteiger partial charge in [0, 0.05) is 6.61 Å². The van der Waals surface area contributed by atoms with Gasteiger partial charge in [0.15, 0.2) is 0 Å². The van der Waals surface area contributed by atoms with Gasteiger partial charge in [-0.3, -0.25) is 0 Å². The van der Waals surface area contributed by atoms with Gasteiger partial charge in [0.2, 0.25) is 0 Å². The molecule has 0 bridgehead atoms. The summed E-state index contributed by atoms with van der Waals surface area (Å²) >= 11 is 0. The standard InChI is InChI=1S/C10H20O.Na.H/c1-3-5-6-8-10(9-11)7-4-2;;/h4,10-11H,2-3,5-9H2,1H3;;/q;+1;-1. The second kappa shape index (κ2) is 11.7. The Hall–Kier alpha value is 0.700. The molecule has 1 N–H and O–H groups in total. The van der Waals surface area contributed by atoms with E-state index in [1.807, 2.05) is 6.08 Å². The monoisotopic (exact) mass is 180 g/mol. The van der Waals surface area contributed by atoms with E-state index < -0.39 is 0 Å². The summed E-state index contributed by atoms with van der Waals surface area (Å²) in [5, 5.41) is 8.91. The summed E-state index contributed by atoms with van der Waals surface area (Å²) in [6, 6.07) is 0. The fourth-order valence-corrected chi connectivity index (χ4v) is 1.20. The van der Waals surface area contributed by atoms with Gasteiger partial charge in [0.1, 0.15) is 0 Å². The SMILES string of the molecule is C=CCC(CO)CCCCC.[H-].[Na+]. The Morgan fingerprint density at radius 1 is 1.50 bits per heavy atom. The average Bonchev–Trinajstić information content (AvgIpc) is 2.03. The van der Waals surface area contributed by atoms with Crippen molar-refractivity contribution in [2.45, 2.75) is 39.0 Å². The number of hydrogen-bond donors (Lipinski definition) is 1. The minimum Gasteiger partial charge on any atom is -1.00 e. The zero-order valence-corrected chi connectivity index (χ0v) is 10.6. The van der Waals surface area contributed by atoms with Gasteiger partial charge in [-0.05, 0) is 18.8 Å². The quantitative estimate of drug-likeness (QED) is 0.329. The molecule has 0 radical (unpaired) electrons. The summed E-state index contributed by atoms with van der Waals surface area (Å²) in [7, 11) is 0. The minimum atomic E-state index is 0. The third-order valence-electron chi connectivity index (χ3n) is 1.97. The smallest absolute Gasteiger partial charge is 1.00 e. The van der Waals surface area contributed by atoms with Gasteiger partial charge in [-0.15, -0.1) is 6.58 Å². The van der Waals surface area contributed by atoms with Crippen molar-refractivity contribution in [3.8, 4) is 0 Å². The maximum absolute atomic E-state index is 8.91. The molecule has 1 nitrogen and oxygen atoms in total. The van der Waals surface area contributed by atoms with Crippen molar-refractivity contribution < 1.29 is 36.1 Å². The molecule has 0 aromatic carbocycles. The van der Waals surface area contributed by atoms with Crippen molar-refractivity contribution in [1.29, 1.82) is 0 Å². The van der Waals surface area contributed by atoms with E-state index in [9.17, 15) is 0 Å². The predicted octanol–water partition coefficient (Wildman–Crippen LogP) is -0.132. The van der Waals surface area contributed by atoms with E-state index in [4.69, 9.17) is 5.11 Å². The van der Waals surface area contributed by atoms with Gasteiger partial charge in [0.25, 0.3) is 0 Å². The third-order valence-corrected chi connectivity index (χ3v) is 1.97. The van der Waals surface area contributed by atoms with Gasteiger partial charge in [-0.1, -0.05) is 32.3 Å². The summed E-state index contributed by atoms with van der Waals surface area (Å²) < 4.78 is 0. The maximum atomic E-state index is 8.91. The van der Waals surface area contributed by atoms with Gasteiger partial charge < -0.3 is 6.53 Å². The van der Waals surface area contributed by atoms with E-state index in [2.05, 4.69) is 13.5 Å². The zero-order valence-electron chi connectivity index (χ0n) is 9.55. The van der Waals surface area contributed by atoms with Crippen LogP contribution in [-0.4, -0.2) is 11.7 Å². The minimum absolute atomic E-state index is 0. The fraction of sp³-hybridized carbons (Fsp3) is 0.800. The number of aliphatic hydroxyl groups is 1. The molecule has 0 aromatic rings. The number of hydrogen-bond acceptors (Lipinski definition) is 1. The molecule has 0 heterocycles. The first-order valence-corrected chi connectivity index (χ1v) is 4.56. The summed E-state index contributed by atoms with van der Waals surface area (Å²) in [6.07, 6.45) is 7.79. The van der Waals surface area contributed by atoms with Crippen molar-refractivity contribution in [1.82, 2.24) is 0 Å². The molecule has 0 aliphatic heterocycles. The van der Waals surface area contributed by atoms with Gasteiger partial charge in [-0.25, -0.2) is 0 Å². The van der Waals surface area contributed by atoms with Crippen LogP contribution in [0.25, 0.3) is 0 Å². The van der Waals surface area contributed by atoms with Crippen molar-refractivity contribution in [3.05, 3.63) is 12.7 Å². The molecular formula is C10H21NaO. The van der Waals surface area contributed by atoms with Crippen LogP contribution in [0.2, 0.25) is 0 Å². The van der Waals surface area contributed by atoms with Crippen LogP contribution in [0.3, 0.4) is 0 Å². The predicted molar refractivity (Wildman–Crippen MR) is 50.6 cm³/mol. The molecule has 68 valence electrons. The molecule has 0 spiro atoms. The zero-order chi connectivity index (χ0) is 8.53. The van der Waals surface area contributed by atoms with Gasteiger partial charge in [0.05, 0.1) is 0 Å². The topological polar surface area (TPSA) is 20.2 Å². The Kier molecular flexibility index (Phi) is 14.8. The molecule has 12 heavy (non-hydrogen) atoms. The molecule has 0 amide bonds. The van der Waals surface area contributed by atoms with E-state index in [0.29, 0.717) is 12.5 Å². The fourth-order valence-electron chi connectivity index (χ4n) is 1.20. The largest absolute Gasteiger partial charge is 1.00 e. The second-order valence-corrected chi connectivity index (χ2v) is 3.07. The molecular weight excluding hydrogens is 159 g/mol. The molecule has 0 rings (SSSR count). The van der Waals surface area contributed by atoms with Crippen molar-refractivity contribution in [3.63, 3.8) is 0 Å². The molecule has 2 heteroatoms. The first kappa shape index (κ1) is 15.2. The molecule has 0 saturated carbocycles. The Balaban J connectivity index is -0.000000500. The van der Waals surface area contributed by atoms with Gasteiger partial charge >= 0.3 is 29.6 Å². The van der Waals surface area contributed by atoms with Crippen molar-refractivity contribution in [2.75, 3.05) is 6.61 Å². The number of unbranched alkanes of at least 4 members (excludes halogenated alkanes) is 2. The first-order valence-electron chi connectivity index (χ1n) is 4.56. The Labute approximate surface area is 100 Å². The van der Waals surface area contributed by atoms with Crippen LogP contribution in [0.15, 0.2) is 12.7 Å². The summed E-state index contributed by atoms with van der Waals surface area (Å²) in [4.78, 5) is 0. The van der Waals surface area contributed by atoms with Crippen LogP contribution >= 0.6 is 0 Å². The van der Waals surface area contributed by atoms with E-state index in [1.54, 1.807) is 0 Å². The van der Waals surface area contributed by atoms with Crippen molar-refractivity contribution >= 4 is 0 Å². The molecule has 0 aliphatic rings. The Morgan fingerprint density at radius 3 is 2.58 bits per heavy atom.